The third-order valence-corrected chi connectivity index (χ3v) is 6.38. The number of hydrogen-bond donors (Lipinski definition) is 1. The van der Waals surface area contributed by atoms with E-state index in [0.717, 1.165) is 15.9 Å². The van der Waals surface area contributed by atoms with Crippen LogP contribution in [0, 0.1) is 6.92 Å². The van der Waals surface area contributed by atoms with E-state index in [9.17, 15) is 22.8 Å². The molecule has 0 saturated heterocycles. The molecule has 0 aliphatic rings. The van der Waals surface area contributed by atoms with E-state index in [0.29, 0.717) is 22.4 Å². The van der Waals surface area contributed by atoms with Crippen LogP contribution in [0.25, 0.3) is 0 Å². The summed E-state index contributed by atoms with van der Waals surface area (Å²) in [5, 5.41) is 5.10. The number of thiophene rings is 1. The molecule has 1 amide bonds. The van der Waals surface area contributed by atoms with Gasteiger partial charge in [-0.2, -0.15) is 0 Å². The quantitative estimate of drug-likeness (QED) is 0.696. The number of aromatic nitrogens is 3. The van der Waals surface area contributed by atoms with Gasteiger partial charge in [0.15, 0.2) is 0 Å². The monoisotopic (exact) mass is 416 g/mol. The smallest absolute Gasteiger partial charge is 0.360 e. The van der Waals surface area contributed by atoms with Crippen LogP contribution in [0.4, 0.5) is 4.79 Å². The summed E-state index contributed by atoms with van der Waals surface area (Å²) in [6.45, 7) is 5.17. The first kappa shape index (κ1) is 20.8. The average molecular weight is 416 g/mol. The lowest BCUT2D eigenvalue weighted by molar-refractivity contribution is 0.0501. The van der Waals surface area contributed by atoms with Crippen molar-refractivity contribution in [3.63, 3.8) is 0 Å². The molecule has 0 atom stereocenters. The fraction of sp³-hybridized carbons (Fsp3) is 0.467. The van der Waals surface area contributed by atoms with Gasteiger partial charge in [0.05, 0.1) is 12.2 Å². The molecule has 0 fully saturated rings. The number of aryl methyl sites for hydroxylation is 2. The van der Waals surface area contributed by atoms with Crippen LogP contribution in [0.2, 0.25) is 0 Å². The first-order valence-electron chi connectivity index (χ1n) is 8.11. The highest BCUT2D eigenvalue weighted by Crippen LogP contribution is 2.28. The van der Waals surface area contributed by atoms with E-state index < -0.39 is 27.7 Å². The molecule has 10 nitrogen and oxygen atoms in total. The molecular formula is C15H20N4O6S2. The van der Waals surface area contributed by atoms with Gasteiger partial charge in [0, 0.05) is 17.3 Å². The molecule has 12 heteroatoms. The zero-order valence-electron chi connectivity index (χ0n) is 15.3. The van der Waals surface area contributed by atoms with Gasteiger partial charge >= 0.3 is 17.7 Å². The second-order valence-corrected chi connectivity index (χ2v) is 8.19. The molecule has 0 aromatic carbocycles. The molecule has 27 heavy (non-hydrogen) atoms. The molecule has 0 radical (unpaired) electrons. The first-order valence-corrected chi connectivity index (χ1v) is 10.5. The van der Waals surface area contributed by atoms with Crippen molar-refractivity contribution in [2.75, 3.05) is 6.61 Å². The van der Waals surface area contributed by atoms with E-state index in [1.807, 2.05) is 6.92 Å². The van der Waals surface area contributed by atoms with Crippen LogP contribution in [-0.4, -0.2) is 41.4 Å². The number of rotatable bonds is 6. The Bertz CT molecular complexity index is 1030. The van der Waals surface area contributed by atoms with Crippen molar-refractivity contribution >= 4 is 33.4 Å². The molecule has 0 spiro atoms. The Morgan fingerprint density at radius 2 is 2.00 bits per heavy atom. The minimum Gasteiger partial charge on any atom is -0.462 e. The number of esters is 1. The fourth-order valence-corrected chi connectivity index (χ4v) is 4.92. The van der Waals surface area contributed by atoms with Crippen LogP contribution >= 0.6 is 11.3 Å². The molecule has 0 aliphatic carbocycles. The van der Waals surface area contributed by atoms with Crippen LogP contribution in [0.1, 0.15) is 41.3 Å². The average Bonchev–Trinajstić information content (AvgIpc) is 3.16. The van der Waals surface area contributed by atoms with Gasteiger partial charge in [-0.15, -0.1) is 21.1 Å². The highest BCUT2D eigenvalue weighted by molar-refractivity contribution is 7.90. The zero-order chi connectivity index (χ0) is 20.4. The molecule has 2 heterocycles. The van der Waals surface area contributed by atoms with Crippen LogP contribution in [0.15, 0.2) is 15.1 Å². The number of carbonyl (C=O) groups excluding carboxylic acids is 2. The Balaban J connectivity index is 2.42. The lowest BCUT2D eigenvalue weighted by Gasteiger charge is -2.09. The Morgan fingerprint density at radius 3 is 2.52 bits per heavy atom. The second-order valence-electron chi connectivity index (χ2n) is 5.60. The van der Waals surface area contributed by atoms with E-state index in [1.54, 1.807) is 11.6 Å². The summed E-state index contributed by atoms with van der Waals surface area (Å²) in [5.74, 6) is -0.548. The predicted molar refractivity (Wildman–Crippen MR) is 97.6 cm³/mol. The molecule has 0 unspecified atom stereocenters. The Kier molecular flexibility index (Phi) is 6.21. The largest absolute Gasteiger partial charge is 0.462 e. The predicted octanol–water partition coefficient (Wildman–Crippen LogP) is 1.03. The zero-order valence-corrected chi connectivity index (χ0v) is 16.9. The van der Waals surface area contributed by atoms with Gasteiger partial charge in [-0.3, -0.25) is 4.57 Å². The van der Waals surface area contributed by atoms with Gasteiger partial charge in [-0.05, 0) is 19.8 Å². The highest BCUT2D eigenvalue weighted by Gasteiger charge is 2.31. The first-order chi connectivity index (χ1) is 12.6. The number of ether oxygens (including phenoxy) is 1. The number of sulfonamides is 1. The van der Waals surface area contributed by atoms with Crippen molar-refractivity contribution in [3.05, 3.63) is 32.1 Å². The summed E-state index contributed by atoms with van der Waals surface area (Å²) in [4.78, 5) is 36.5. The number of amides is 1. The van der Waals surface area contributed by atoms with E-state index in [4.69, 9.17) is 4.74 Å². The summed E-state index contributed by atoms with van der Waals surface area (Å²) in [7, 11) is -3.03. The SMILES string of the molecule is CCCOC(=O)c1csc(CC)c1S(=O)(=O)NC(=O)n1nc(C)n(C)c1=O. The summed E-state index contributed by atoms with van der Waals surface area (Å²) < 4.78 is 33.9. The van der Waals surface area contributed by atoms with Gasteiger partial charge in [0.1, 0.15) is 10.7 Å². The third-order valence-electron chi connectivity index (χ3n) is 3.68. The molecule has 2 aromatic heterocycles. The number of carbonyl (C=O) groups is 2. The molecule has 0 bridgehead atoms. The van der Waals surface area contributed by atoms with Gasteiger partial charge in [0.25, 0.3) is 10.0 Å². The maximum absolute atomic E-state index is 12.8. The van der Waals surface area contributed by atoms with Crippen molar-refractivity contribution in [2.45, 2.75) is 38.5 Å². The minimum atomic E-state index is -4.43. The van der Waals surface area contributed by atoms with Crippen molar-refractivity contribution < 1.29 is 22.7 Å². The summed E-state index contributed by atoms with van der Waals surface area (Å²) in [6.07, 6.45) is 0.913. The Hall–Kier alpha value is -2.47. The van der Waals surface area contributed by atoms with Gasteiger partial charge in [-0.1, -0.05) is 13.8 Å². The van der Waals surface area contributed by atoms with Gasteiger partial charge < -0.3 is 4.74 Å². The lowest BCUT2D eigenvalue weighted by Crippen LogP contribution is -2.40. The maximum Gasteiger partial charge on any atom is 0.360 e. The Morgan fingerprint density at radius 1 is 1.33 bits per heavy atom. The molecule has 2 rings (SSSR count). The van der Waals surface area contributed by atoms with Crippen molar-refractivity contribution in [1.29, 1.82) is 0 Å². The summed E-state index contributed by atoms with van der Waals surface area (Å²) in [6, 6.07) is -1.23. The van der Waals surface area contributed by atoms with Crippen LogP contribution in [0.3, 0.4) is 0 Å². The van der Waals surface area contributed by atoms with Crippen molar-refractivity contribution in [3.8, 4) is 0 Å². The van der Waals surface area contributed by atoms with Crippen LogP contribution in [0.5, 0.6) is 0 Å². The molecule has 1 N–H and O–H groups in total. The minimum absolute atomic E-state index is 0.143. The van der Waals surface area contributed by atoms with E-state index >= 15 is 0 Å². The second kappa shape index (κ2) is 8.05. The molecule has 2 aromatic rings. The molecular weight excluding hydrogens is 396 g/mol. The molecule has 148 valence electrons. The van der Waals surface area contributed by atoms with Crippen molar-refractivity contribution in [1.82, 2.24) is 19.1 Å². The lowest BCUT2D eigenvalue weighted by atomic mass is 10.3. The fourth-order valence-electron chi connectivity index (χ4n) is 2.22. The van der Waals surface area contributed by atoms with E-state index in [1.165, 1.54) is 19.4 Å². The van der Waals surface area contributed by atoms with Crippen LogP contribution < -0.4 is 10.4 Å². The number of nitrogens with zero attached hydrogens (tertiary/aromatic N) is 3. The summed E-state index contributed by atoms with van der Waals surface area (Å²) in [5.41, 5.74) is -0.932. The van der Waals surface area contributed by atoms with E-state index in [-0.39, 0.29) is 22.9 Å². The summed E-state index contributed by atoms with van der Waals surface area (Å²) >= 11 is 1.08. The van der Waals surface area contributed by atoms with Gasteiger partial charge in [-0.25, -0.2) is 27.5 Å². The number of hydrogen-bond acceptors (Lipinski definition) is 8. The van der Waals surface area contributed by atoms with Crippen molar-refractivity contribution in [2.24, 2.45) is 7.05 Å². The standard InChI is InChI=1S/C15H20N4O6S2/c1-5-7-25-13(20)10-8-26-11(6-2)12(10)27(23,24)17-14(21)19-15(22)18(4)9(3)16-19/h8H,5-7H2,1-4H3,(H,17,21). The normalized spacial score (nSPS) is 11.4. The van der Waals surface area contributed by atoms with Gasteiger partial charge in [0.2, 0.25) is 0 Å². The van der Waals surface area contributed by atoms with E-state index in [2.05, 4.69) is 5.10 Å². The Labute approximate surface area is 159 Å². The van der Waals surface area contributed by atoms with Crippen LogP contribution in [-0.2, 0) is 28.2 Å². The maximum atomic E-state index is 12.8. The molecule has 0 saturated carbocycles. The number of nitrogens with one attached hydrogen (secondary N) is 1. The highest BCUT2D eigenvalue weighted by atomic mass is 32.2. The topological polar surface area (TPSA) is 129 Å². The molecule has 0 aliphatic heterocycles. The third kappa shape index (κ3) is 4.11.